The second-order valence-electron chi connectivity index (χ2n) is 4.77. The van der Waals surface area contributed by atoms with Crippen LogP contribution < -0.4 is 4.90 Å². The van der Waals surface area contributed by atoms with Gasteiger partial charge in [-0.15, -0.1) is 0 Å². The van der Waals surface area contributed by atoms with Gasteiger partial charge in [-0.3, -0.25) is 0 Å². The number of hydrogen-bond acceptors (Lipinski definition) is 3. The molecule has 3 heteroatoms. The van der Waals surface area contributed by atoms with E-state index >= 15 is 0 Å². The molecular formula is C14H21NO2. The van der Waals surface area contributed by atoms with Gasteiger partial charge in [0.25, 0.3) is 0 Å². The lowest BCUT2D eigenvalue weighted by molar-refractivity contribution is 0.402. The van der Waals surface area contributed by atoms with E-state index in [1.165, 1.54) is 19.3 Å². The fraction of sp³-hybridized carbons (Fsp3) is 0.571. The molecule has 1 aromatic carbocycles. The van der Waals surface area contributed by atoms with Gasteiger partial charge in [-0.2, -0.15) is 0 Å². The Labute approximate surface area is 103 Å². The van der Waals surface area contributed by atoms with E-state index in [1.807, 2.05) is 0 Å². The van der Waals surface area contributed by atoms with Crippen molar-refractivity contribution >= 4 is 5.69 Å². The number of hydrogen-bond donors (Lipinski definition) is 2. The zero-order valence-corrected chi connectivity index (χ0v) is 10.4. The van der Waals surface area contributed by atoms with Gasteiger partial charge in [0, 0.05) is 24.8 Å². The molecule has 0 aromatic heterocycles. The van der Waals surface area contributed by atoms with Crippen molar-refractivity contribution in [3.05, 3.63) is 17.7 Å². The molecule has 94 valence electrons. The van der Waals surface area contributed by atoms with E-state index in [-0.39, 0.29) is 11.5 Å². The van der Waals surface area contributed by atoms with Gasteiger partial charge in [0.1, 0.15) is 0 Å². The van der Waals surface area contributed by atoms with Crippen molar-refractivity contribution in [2.45, 2.75) is 39.0 Å². The molecule has 0 fully saturated rings. The van der Waals surface area contributed by atoms with Crippen molar-refractivity contribution in [3.8, 4) is 11.5 Å². The second kappa shape index (κ2) is 5.30. The standard InChI is InChI=1S/C14H21NO2/c1-2-3-4-7-15-8-5-6-11-9-13(16)14(17)10-12(11)15/h9-10,16-17H,2-8H2,1H3. The number of unbranched alkanes of at least 4 members (excludes halogenated alkanes) is 2. The lowest BCUT2D eigenvalue weighted by Crippen LogP contribution is -2.30. The molecule has 1 aromatic rings. The van der Waals surface area contributed by atoms with Crippen LogP contribution in [0.1, 0.15) is 38.2 Å². The molecule has 2 rings (SSSR count). The number of nitrogens with zero attached hydrogens (tertiary/aromatic N) is 1. The fourth-order valence-electron chi connectivity index (χ4n) is 2.47. The lowest BCUT2D eigenvalue weighted by atomic mass is 10.0. The quantitative estimate of drug-likeness (QED) is 0.622. The summed E-state index contributed by atoms with van der Waals surface area (Å²) in [5.41, 5.74) is 2.26. The first-order chi connectivity index (χ1) is 8.22. The molecule has 0 radical (unpaired) electrons. The Morgan fingerprint density at radius 3 is 2.71 bits per heavy atom. The van der Waals surface area contributed by atoms with Crippen LogP contribution in [0.4, 0.5) is 5.69 Å². The number of phenolic OH excluding ortho intramolecular Hbond substituents is 2. The first-order valence-corrected chi connectivity index (χ1v) is 6.52. The van der Waals surface area contributed by atoms with Crippen LogP contribution >= 0.6 is 0 Å². The molecule has 0 saturated heterocycles. The van der Waals surface area contributed by atoms with Crippen LogP contribution in [0.2, 0.25) is 0 Å². The minimum atomic E-state index is -0.00820. The number of anilines is 1. The summed E-state index contributed by atoms with van der Waals surface area (Å²) >= 11 is 0. The van der Waals surface area contributed by atoms with Crippen molar-refractivity contribution in [3.63, 3.8) is 0 Å². The Balaban J connectivity index is 2.15. The van der Waals surface area contributed by atoms with Crippen LogP contribution in [0.25, 0.3) is 0 Å². The molecule has 0 atom stereocenters. The Hall–Kier alpha value is -1.38. The molecular weight excluding hydrogens is 214 g/mol. The normalized spacial score (nSPS) is 14.8. The molecule has 0 aliphatic carbocycles. The maximum absolute atomic E-state index is 9.59. The molecule has 0 saturated carbocycles. The Kier molecular flexibility index (Phi) is 3.77. The zero-order chi connectivity index (χ0) is 12.3. The monoisotopic (exact) mass is 235 g/mol. The minimum Gasteiger partial charge on any atom is -0.504 e. The highest BCUT2D eigenvalue weighted by molar-refractivity contribution is 5.62. The van der Waals surface area contributed by atoms with Gasteiger partial charge in [-0.1, -0.05) is 19.8 Å². The van der Waals surface area contributed by atoms with Gasteiger partial charge in [0.15, 0.2) is 11.5 Å². The van der Waals surface area contributed by atoms with Gasteiger partial charge in [0.2, 0.25) is 0 Å². The molecule has 1 aliphatic heterocycles. The average molecular weight is 235 g/mol. The van der Waals surface area contributed by atoms with E-state index in [2.05, 4.69) is 11.8 Å². The first-order valence-electron chi connectivity index (χ1n) is 6.52. The summed E-state index contributed by atoms with van der Waals surface area (Å²) in [6.07, 6.45) is 5.78. The SMILES string of the molecule is CCCCCN1CCCc2cc(O)c(O)cc21. The largest absolute Gasteiger partial charge is 0.504 e. The van der Waals surface area contributed by atoms with Crippen molar-refractivity contribution < 1.29 is 10.2 Å². The van der Waals surface area contributed by atoms with E-state index in [0.717, 1.165) is 37.2 Å². The Morgan fingerprint density at radius 2 is 1.94 bits per heavy atom. The number of rotatable bonds is 4. The summed E-state index contributed by atoms with van der Waals surface area (Å²) in [7, 11) is 0. The van der Waals surface area contributed by atoms with E-state index in [4.69, 9.17) is 0 Å². The number of benzene rings is 1. The van der Waals surface area contributed by atoms with Gasteiger partial charge in [-0.05, 0) is 30.9 Å². The predicted molar refractivity (Wildman–Crippen MR) is 69.8 cm³/mol. The van der Waals surface area contributed by atoms with Gasteiger partial charge in [-0.25, -0.2) is 0 Å². The van der Waals surface area contributed by atoms with E-state index < -0.39 is 0 Å². The molecule has 0 spiro atoms. The predicted octanol–water partition coefficient (Wildman–Crippen LogP) is 3.04. The molecule has 3 nitrogen and oxygen atoms in total. The van der Waals surface area contributed by atoms with Crippen LogP contribution in [-0.4, -0.2) is 23.3 Å². The Bertz CT molecular complexity index is 390. The number of aryl methyl sites for hydroxylation is 1. The van der Waals surface area contributed by atoms with Crippen molar-refractivity contribution in [2.24, 2.45) is 0 Å². The highest BCUT2D eigenvalue weighted by Gasteiger charge is 2.18. The molecule has 1 heterocycles. The van der Waals surface area contributed by atoms with Crippen molar-refractivity contribution in [1.29, 1.82) is 0 Å². The first kappa shape index (κ1) is 12.1. The lowest BCUT2D eigenvalue weighted by Gasteiger charge is -2.31. The summed E-state index contributed by atoms with van der Waals surface area (Å²) in [5, 5.41) is 19.1. The van der Waals surface area contributed by atoms with Gasteiger partial charge >= 0.3 is 0 Å². The molecule has 0 amide bonds. The molecule has 0 unspecified atom stereocenters. The van der Waals surface area contributed by atoms with E-state index in [0.29, 0.717) is 0 Å². The summed E-state index contributed by atoms with van der Waals surface area (Å²) < 4.78 is 0. The summed E-state index contributed by atoms with van der Waals surface area (Å²) in [6.45, 7) is 4.31. The molecule has 2 N–H and O–H groups in total. The maximum atomic E-state index is 9.59. The zero-order valence-electron chi connectivity index (χ0n) is 10.4. The third-order valence-electron chi connectivity index (χ3n) is 3.42. The molecule has 0 bridgehead atoms. The summed E-state index contributed by atoms with van der Waals surface area (Å²) in [6, 6.07) is 3.41. The van der Waals surface area contributed by atoms with Gasteiger partial charge < -0.3 is 15.1 Å². The van der Waals surface area contributed by atoms with E-state index in [9.17, 15) is 10.2 Å². The van der Waals surface area contributed by atoms with E-state index in [1.54, 1.807) is 12.1 Å². The summed E-state index contributed by atoms with van der Waals surface area (Å²) in [4.78, 5) is 2.33. The van der Waals surface area contributed by atoms with Crippen LogP contribution in [-0.2, 0) is 6.42 Å². The second-order valence-corrected chi connectivity index (χ2v) is 4.77. The van der Waals surface area contributed by atoms with Crippen LogP contribution in [0.5, 0.6) is 11.5 Å². The molecule has 17 heavy (non-hydrogen) atoms. The average Bonchev–Trinajstić information content (AvgIpc) is 2.32. The van der Waals surface area contributed by atoms with Crippen LogP contribution in [0.15, 0.2) is 12.1 Å². The van der Waals surface area contributed by atoms with Crippen LogP contribution in [0.3, 0.4) is 0 Å². The van der Waals surface area contributed by atoms with Gasteiger partial charge in [0.05, 0.1) is 0 Å². The Morgan fingerprint density at radius 1 is 1.18 bits per heavy atom. The topological polar surface area (TPSA) is 43.7 Å². The number of aromatic hydroxyl groups is 2. The van der Waals surface area contributed by atoms with Crippen molar-refractivity contribution in [2.75, 3.05) is 18.0 Å². The third kappa shape index (κ3) is 2.65. The number of fused-ring (bicyclic) bond motifs is 1. The number of phenols is 2. The minimum absolute atomic E-state index is 0.000779. The maximum Gasteiger partial charge on any atom is 0.159 e. The smallest absolute Gasteiger partial charge is 0.159 e. The fourth-order valence-corrected chi connectivity index (χ4v) is 2.47. The summed E-state index contributed by atoms with van der Waals surface area (Å²) in [5.74, 6) is -0.00898. The highest BCUT2D eigenvalue weighted by Crippen LogP contribution is 2.36. The highest BCUT2D eigenvalue weighted by atomic mass is 16.3. The molecule has 1 aliphatic rings. The van der Waals surface area contributed by atoms with Crippen LogP contribution in [0, 0.1) is 0 Å². The van der Waals surface area contributed by atoms with Crippen molar-refractivity contribution in [1.82, 2.24) is 0 Å². The third-order valence-corrected chi connectivity index (χ3v) is 3.42.